The highest BCUT2D eigenvalue weighted by molar-refractivity contribution is 6.30. The van der Waals surface area contributed by atoms with E-state index < -0.39 is 18.2 Å². The van der Waals surface area contributed by atoms with Crippen LogP contribution in [0, 0.1) is 0 Å². The number of hydrogen-bond acceptors (Lipinski definition) is 5. The van der Waals surface area contributed by atoms with Gasteiger partial charge in [-0.2, -0.15) is 0 Å². The number of carbonyl (C=O) groups is 2. The number of carbonyl (C=O) groups excluding carboxylic acids is 2. The summed E-state index contributed by atoms with van der Waals surface area (Å²) < 4.78 is 1.87. The molecule has 30 heavy (non-hydrogen) atoms. The molecular weight excluding hydrogens is 408 g/mol. The third-order valence-corrected chi connectivity index (χ3v) is 6.05. The second-order valence-corrected chi connectivity index (χ2v) is 8.33. The van der Waals surface area contributed by atoms with Crippen molar-refractivity contribution in [3.05, 3.63) is 41.7 Å². The third-order valence-electron chi connectivity index (χ3n) is 5.80. The van der Waals surface area contributed by atoms with Gasteiger partial charge in [-0.05, 0) is 49.9 Å². The molecule has 3 N–H and O–H groups in total. The lowest BCUT2D eigenvalue weighted by Gasteiger charge is -2.31. The number of nitrogens with zero attached hydrogens (tertiary/aromatic N) is 4. The van der Waals surface area contributed by atoms with E-state index in [1.807, 2.05) is 10.9 Å². The standard InChI is InChI=1S/C20H25ClN6O3/c21-13-1-3-15(4-2-13)24-20(30)26-12-17(28)11-18(26)19(29)23-14-5-7-16(8-6-14)27-10-9-22-25-27/h1-4,9-10,14,16-18,28H,5-8,11-12H2,(H,23,29)(H,24,30)/t14?,16?,17-,18-/m1/s1. The average Bonchev–Trinajstić information content (AvgIpc) is 3.40. The Hall–Kier alpha value is -2.65. The molecule has 0 radical (unpaired) electrons. The zero-order chi connectivity index (χ0) is 21.1. The summed E-state index contributed by atoms with van der Waals surface area (Å²) >= 11 is 5.87. The first-order valence-electron chi connectivity index (χ1n) is 10.2. The van der Waals surface area contributed by atoms with Gasteiger partial charge < -0.3 is 20.6 Å². The van der Waals surface area contributed by atoms with Crippen LogP contribution in [0.25, 0.3) is 0 Å². The monoisotopic (exact) mass is 432 g/mol. The second kappa shape index (κ2) is 9.01. The van der Waals surface area contributed by atoms with Crippen molar-refractivity contribution in [1.82, 2.24) is 25.2 Å². The molecule has 1 aliphatic carbocycles. The number of aromatic nitrogens is 3. The summed E-state index contributed by atoms with van der Waals surface area (Å²) in [5, 5.41) is 24.4. The summed E-state index contributed by atoms with van der Waals surface area (Å²) in [5.74, 6) is -0.220. The fraction of sp³-hybridized carbons (Fsp3) is 0.500. The highest BCUT2D eigenvalue weighted by Gasteiger charge is 2.40. The van der Waals surface area contributed by atoms with Crippen molar-refractivity contribution in [2.45, 2.75) is 56.3 Å². The van der Waals surface area contributed by atoms with Gasteiger partial charge in [-0.15, -0.1) is 5.10 Å². The Morgan fingerprint density at radius 1 is 1.13 bits per heavy atom. The number of benzene rings is 1. The number of aliphatic hydroxyl groups excluding tert-OH is 1. The number of aliphatic hydroxyl groups is 1. The number of urea groups is 1. The first-order chi connectivity index (χ1) is 14.5. The molecule has 2 aliphatic rings. The lowest BCUT2D eigenvalue weighted by atomic mass is 9.91. The molecule has 0 unspecified atom stereocenters. The summed E-state index contributed by atoms with van der Waals surface area (Å²) in [4.78, 5) is 27.0. The number of likely N-dealkylation sites (tertiary alicyclic amines) is 1. The van der Waals surface area contributed by atoms with Gasteiger partial charge in [0.05, 0.1) is 18.3 Å². The van der Waals surface area contributed by atoms with Gasteiger partial charge in [0.1, 0.15) is 6.04 Å². The molecule has 2 fully saturated rings. The van der Waals surface area contributed by atoms with E-state index >= 15 is 0 Å². The molecule has 1 aromatic carbocycles. The highest BCUT2D eigenvalue weighted by Crippen LogP contribution is 2.28. The molecule has 1 aromatic heterocycles. The minimum absolute atomic E-state index is 0.0520. The Balaban J connectivity index is 1.33. The summed E-state index contributed by atoms with van der Waals surface area (Å²) in [6, 6.07) is 5.98. The number of anilines is 1. The van der Waals surface area contributed by atoms with Crippen LogP contribution in [0.3, 0.4) is 0 Å². The Morgan fingerprint density at radius 2 is 1.87 bits per heavy atom. The van der Waals surface area contributed by atoms with Crippen LogP contribution < -0.4 is 10.6 Å². The fourth-order valence-corrected chi connectivity index (χ4v) is 4.34. The van der Waals surface area contributed by atoms with Crippen LogP contribution in [0.15, 0.2) is 36.7 Å². The lowest BCUT2D eigenvalue weighted by molar-refractivity contribution is -0.125. The molecule has 160 valence electrons. The maximum absolute atomic E-state index is 12.9. The molecule has 0 bridgehead atoms. The first-order valence-corrected chi connectivity index (χ1v) is 10.5. The highest BCUT2D eigenvalue weighted by atomic mass is 35.5. The predicted octanol–water partition coefficient (Wildman–Crippen LogP) is 2.20. The van der Waals surface area contributed by atoms with Gasteiger partial charge in [-0.1, -0.05) is 16.8 Å². The topological polar surface area (TPSA) is 112 Å². The van der Waals surface area contributed by atoms with Crippen molar-refractivity contribution in [3.63, 3.8) is 0 Å². The summed E-state index contributed by atoms with van der Waals surface area (Å²) in [6.45, 7) is 0.122. The van der Waals surface area contributed by atoms with E-state index in [1.54, 1.807) is 30.5 Å². The molecule has 10 heteroatoms. The van der Waals surface area contributed by atoms with E-state index in [4.69, 9.17) is 11.6 Å². The summed E-state index contributed by atoms with van der Waals surface area (Å²) in [5.41, 5.74) is 0.580. The number of hydrogen-bond donors (Lipinski definition) is 3. The van der Waals surface area contributed by atoms with Crippen molar-refractivity contribution in [2.24, 2.45) is 0 Å². The summed E-state index contributed by atoms with van der Waals surface area (Å²) in [6.07, 6.45) is 6.52. The Morgan fingerprint density at radius 3 is 2.53 bits per heavy atom. The number of rotatable bonds is 4. The molecule has 2 atom stereocenters. The number of amides is 3. The van der Waals surface area contributed by atoms with Crippen molar-refractivity contribution >= 4 is 29.2 Å². The van der Waals surface area contributed by atoms with Gasteiger partial charge in [-0.3, -0.25) is 4.79 Å². The second-order valence-electron chi connectivity index (χ2n) is 7.89. The Bertz CT molecular complexity index is 867. The summed E-state index contributed by atoms with van der Waals surface area (Å²) in [7, 11) is 0. The molecule has 9 nitrogen and oxygen atoms in total. The zero-order valence-corrected chi connectivity index (χ0v) is 17.2. The van der Waals surface area contributed by atoms with Crippen LogP contribution in [0.4, 0.5) is 10.5 Å². The van der Waals surface area contributed by atoms with Gasteiger partial charge >= 0.3 is 6.03 Å². The molecule has 2 aromatic rings. The number of β-amino-alcohol motifs (C(OH)–C–C–N with tert-alkyl or cyclic N) is 1. The fourth-order valence-electron chi connectivity index (χ4n) is 4.21. The third kappa shape index (κ3) is 4.73. The van der Waals surface area contributed by atoms with Gasteiger partial charge in [-0.25, -0.2) is 9.48 Å². The molecule has 2 heterocycles. The van der Waals surface area contributed by atoms with Crippen molar-refractivity contribution < 1.29 is 14.7 Å². The van der Waals surface area contributed by atoms with Crippen molar-refractivity contribution in [2.75, 3.05) is 11.9 Å². The van der Waals surface area contributed by atoms with E-state index in [9.17, 15) is 14.7 Å². The van der Waals surface area contributed by atoms with Crippen LogP contribution in [0.2, 0.25) is 5.02 Å². The Labute approximate surface area is 179 Å². The van der Waals surface area contributed by atoms with Crippen molar-refractivity contribution in [3.8, 4) is 0 Å². The average molecular weight is 433 g/mol. The molecule has 1 saturated carbocycles. The molecule has 0 spiro atoms. The van der Waals surface area contributed by atoms with E-state index in [1.165, 1.54) is 4.90 Å². The largest absolute Gasteiger partial charge is 0.391 e. The first kappa shape index (κ1) is 20.6. The molecule has 3 amide bonds. The lowest BCUT2D eigenvalue weighted by Crippen LogP contribution is -2.50. The van der Waals surface area contributed by atoms with E-state index in [0.717, 1.165) is 25.7 Å². The molecule has 1 saturated heterocycles. The van der Waals surface area contributed by atoms with Crippen LogP contribution in [0.5, 0.6) is 0 Å². The van der Waals surface area contributed by atoms with Gasteiger partial charge in [0.2, 0.25) is 5.91 Å². The minimum atomic E-state index is -0.722. The van der Waals surface area contributed by atoms with Crippen LogP contribution in [0.1, 0.15) is 38.1 Å². The van der Waals surface area contributed by atoms with Crippen LogP contribution >= 0.6 is 11.6 Å². The molecular formula is C20H25ClN6O3. The Kier molecular flexibility index (Phi) is 6.19. The van der Waals surface area contributed by atoms with Gasteiger partial charge in [0.15, 0.2) is 0 Å². The van der Waals surface area contributed by atoms with E-state index in [2.05, 4.69) is 20.9 Å². The van der Waals surface area contributed by atoms with Crippen molar-refractivity contribution in [1.29, 1.82) is 0 Å². The quantitative estimate of drug-likeness (QED) is 0.685. The van der Waals surface area contributed by atoms with Gasteiger partial charge in [0.25, 0.3) is 0 Å². The SMILES string of the molecule is O=C(NC1CCC(n2ccnn2)CC1)[C@H]1C[C@@H](O)CN1C(=O)Nc1ccc(Cl)cc1. The maximum Gasteiger partial charge on any atom is 0.322 e. The maximum atomic E-state index is 12.9. The molecule has 4 rings (SSSR count). The number of halogens is 1. The zero-order valence-electron chi connectivity index (χ0n) is 16.4. The van der Waals surface area contributed by atoms with Crippen LogP contribution in [-0.4, -0.2) is 61.7 Å². The predicted molar refractivity (Wildman–Crippen MR) is 111 cm³/mol. The van der Waals surface area contributed by atoms with E-state index in [0.29, 0.717) is 16.8 Å². The smallest absolute Gasteiger partial charge is 0.322 e. The normalized spacial score (nSPS) is 26.4. The van der Waals surface area contributed by atoms with Crippen LogP contribution in [-0.2, 0) is 4.79 Å². The number of nitrogens with one attached hydrogen (secondary N) is 2. The van der Waals surface area contributed by atoms with E-state index in [-0.39, 0.29) is 24.9 Å². The minimum Gasteiger partial charge on any atom is -0.391 e. The molecule has 1 aliphatic heterocycles. The van der Waals surface area contributed by atoms with Gasteiger partial charge in [0, 0.05) is 35.9 Å².